The summed E-state index contributed by atoms with van der Waals surface area (Å²) in [6.45, 7) is 24.8. The zero-order chi connectivity index (χ0) is 29.4. The highest BCUT2D eigenvalue weighted by molar-refractivity contribution is 6.31. The van der Waals surface area contributed by atoms with E-state index >= 15 is 0 Å². The maximum atomic E-state index is 6.26. The van der Waals surface area contributed by atoms with Crippen LogP contribution < -0.4 is 10.6 Å². The maximum absolute atomic E-state index is 6.26. The normalized spacial score (nSPS) is 10.5. The van der Waals surface area contributed by atoms with Gasteiger partial charge in [0.25, 0.3) is 0 Å². The molecule has 4 nitrogen and oxygen atoms in total. The number of unbranched alkanes of at least 4 members (excludes halogenated alkanes) is 2. The number of rotatable bonds is 13. The average molecular weight is 558 g/mol. The van der Waals surface area contributed by atoms with Crippen molar-refractivity contribution in [2.24, 2.45) is 5.73 Å². The van der Waals surface area contributed by atoms with E-state index in [-0.39, 0.29) is 0 Å². The molecule has 1 aromatic rings. The molecule has 0 saturated carbocycles. The molecule has 0 aliphatic carbocycles. The SMILES string of the molecule is C=CC(=C)Cl.CC.CCC.CCCCC/C(C)=C(/CN)N(C)CN(CC)c1ccc(Cl)cc1CN(C)C. The fraction of sp³-hybridized carbons (Fsp3) is 0.613. The van der Waals surface area contributed by atoms with E-state index < -0.39 is 0 Å². The second-order valence-corrected chi connectivity index (χ2v) is 9.87. The van der Waals surface area contributed by atoms with Gasteiger partial charge in [0.15, 0.2) is 0 Å². The minimum atomic E-state index is 0.491. The lowest BCUT2D eigenvalue weighted by atomic mass is 10.1. The number of halogens is 2. The van der Waals surface area contributed by atoms with E-state index in [0.717, 1.165) is 31.2 Å². The van der Waals surface area contributed by atoms with E-state index in [1.165, 1.54) is 54.3 Å². The zero-order valence-electron chi connectivity index (χ0n) is 25.8. The van der Waals surface area contributed by atoms with Gasteiger partial charge in [-0.15, -0.1) is 0 Å². The fourth-order valence-corrected chi connectivity index (χ4v) is 3.65. The van der Waals surface area contributed by atoms with E-state index in [9.17, 15) is 0 Å². The Kier molecular flexibility index (Phi) is 28.3. The molecule has 216 valence electrons. The molecule has 0 bridgehead atoms. The van der Waals surface area contributed by atoms with Crippen molar-refractivity contribution in [1.29, 1.82) is 0 Å². The van der Waals surface area contributed by atoms with Crippen molar-refractivity contribution in [2.45, 2.75) is 87.1 Å². The molecule has 0 saturated heterocycles. The molecule has 0 unspecified atom stereocenters. The molecular formula is C31H58Cl2N4. The van der Waals surface area contributed by atoms with Crippen LogP contribution >= 0.6 is 23.2 Å². The predicted octanol–water partition coefficient (Wildman–Crippen LogP) is 9.30. The van der Waals surface area contributed by atoms with Crippen LogP contribution in [-0.4, -0.2) is 50.7 Å². The molecule has 0 spiro atoms. The molecule has 0 radical (unpaired) electrons. The minimum absolute atomic E-state index is 0.491. The Morgan fingerprint density at radius 3 is 2.00 bits per heavy atom. The van der Waals surface area contributed by atoms with Crippen LogP contribution in [0.25, 0.3) is 0 Å². The van der Waals surface area contributed by atoms with Gasteiger partial charge in [-0.2, -0.15) is 0 Å². The first-order valence-electron chi connectivity index (χ1n) is 13.8. The van der Waals surface area contributed by atoms with Crippen molar-refractivity contribution in [3.8, 4) is 0 Å². The van der Waals surface area contributed by atoms with E-state index in [2.05, 4.69) is 95.8 Å². The number of allylic oxidation sites excluding steroid dienone is 3. The Bertz CT molecular complexity index is 745. The second kappa shape index (κ2) is 26.2. The first-order chi connectivity index (χ1) is 17.5. The highest BCUT2D eigenvalue weighted by Gasteiger charge is 2.15. The standard InChI is InChI=1S/C22H39ClN4.C4H5Cl.C3H8.C2H6/c1-7-9-10-11-18(3)22(15-24)26(6)17-27(8-2)21-13-12-20(23)14-19(21)16-25(4)5;1-3-4(2)5;1-3-2;1-2/h12-14H,7-11,15-17,24H2,1-6H3;3H,1-2H2;3H2,1-2H3;1-2H3/b22-18-;;;. The number of anilines is 1. The molecule has 0 heterocycles. The topological polar surface area (TPSA) is 35.7 Å². The fourth-order valence-electron chi connectivity index (χ4n) is 3.46. The van der Waals surface area contributed by atoms with E-state index in [0.29, 0.717) is 11.6 Å². The predicted molar refractivity (Wildman–Crippen MR) is 173 cm³/mol. The van der Waals surface area contributed by atoms with Gasteiger partial charge in [-0.05, 0) is 64.5 Å². The first-order valence-corrected chi connectivity index (χ1v) is 14.5. The van der Waals surface area contributed by atoms with E-state index in [1.807, 2.05) is 19.9 Å². The van der Waals surface area contributed by atoms with Crippen molar-refractivity contribution in [3.63, 3.8) is 0 Å². The Labute approximate surface area is 241 Å². The van der Waals surface area contributed by atoms with Crippen LogP contribution in [0.4, 0.5) is 5.69 Å². The van der Waals surface area contributed by atoms with Crippen LogP contribution in [0, 0.1) is 0 Å². The summed E-state index contributed by atoms with van der Waals surface area (Å²) in [6.07, 6.45) is 7.63. The molecular weight excluding hydrogens is 499 g/mol. The lowest BCUT2D eigenvalue weighted by molar-refractivity contribution is 0.391. The zero-order valence-corrected chi connectivity index (χ0v) is 27.3. The Balaban J connectivity index is -0.000000990. The molecule has 0 amide bonds. The lowest BCUT2D eigenvalue weighted by Gasteiger charge is -2.34. The van der Waals surface area contributed by atoms with Gasteiger partial charge in [0.2, 0.25) is 0 Å². The highest BCUT2D eigenvalue weighted by Crippen LogP contribution is 2.26. The molecule has 1 aromatic carbocycles. The third-order valence-electron chi connectivity index (χ3n) is 5.16. The Hall–Kier alpha value is -1.46. The summed E-state index contributed by atoms with van der Waals surface area (Å²) < 4.78 is 0. The van der Waals surface area contributed by atoms with Gasteiger partial charge in [0, 0.05) is 48.1 Å². The molecule has 6 heteroatoms. The van der Waals surface area contributed by atoms with Gasteiger partial charge in [0.1, 0.15) is 0 Å². The Morgan fingerprint density at radius 1 is 1.05 bits per heavy atom. The molecule has 0 aromatic heterocycles. The van der Waals surface area contributed by atoms with Crippen molar-refractivity contribution in [1.82, 2.24) is 9.80 Å². The summed E-state index contributed by atoms with van der Waals surface area (Å²) >= 11 is 11.4. The third-order valence-corrected chi connectivity index (χ3v) is 5.55. The number of nitrogens with zero attached hydrogens (tertiary/aromatic N) is 3. The number of nitrogens with two attached hydrogens (primary N) is 1. The minimum Gasteiger partial charge on any atom is -0.359 e. The van der Waals surface area contributed by atoms with Crippen molar-refractivity contribution in [3.05, 3.63) is 64.3 Å². The van der Waals surface area contributed by atoms with Crippen molar-refractivity contribution < 1.29 is 0 Å². The van der Waals surface area contributed by atoms with Gasteiger partial charge in [-0.1, -0.05) is 102 Å². The number of hydrogen-bond acceptors (Lipinski definition) is 4. The molecule has 37 heavy (non-hydrogen) atoms. The largest absolute Gasteiger partial charge is 0.359 e. The van der Waals surface area contributed by atoms with E-state index in [4.69, 9.17) is 28.9 Å². The highest BCUT2D eigenvalue weighted by atomic mass is 35.5. The summed E-state index contributed by atoms with van der Waals surface area (Å²) in [7, 11) is 6.32. The van der Waals surface area contributed by atoms with Crippen molar-refractivity contribution in [2.75, 3.05) is 45.8 Å². The molecule has 0 atom stereocenters. The second-order valence-electron chi connectivity index (χ2n) is 8.95. The molecule has 1 rings (SSSR count). The Morgan fingerprint density at radius 2 is 1.59 bits per heavy atom. The van der Waals surface area contributed by atoms with Crippen LogP contribution in [0.1, 0.15) is 86.1 Å². The first kappa shape index (κ1) is 40.0. The van der Waals surface area contributed by atoms with Gasteiger partial charge < -0.3 is 20.4 Å². The summed E-state index contributed by atoms with van der Waals surface area (Å²) in [5.74, 6) is 0. The van der Waals surface area contributed by atoms with Crippen molar-refractivity contribution >= 4 is 28.9 Å². The smallest absolute Gasteiger partial charge is 0.0897 e. The van der Waals surface area contributed by atoms with Crippen LogP contribution in [0.2, 0.25) is 5.02 Å². The number of benzene rings is 1. The van der Waals surface area contributed by atoms with Gasteiger partial charge in [0.05, 0.1) is 6.67 Å². The number of hydrogen-bond donors (Lipinski definition) is 1. The molecule has 0 aliphatic heterocycles. The van der Waals surface area contributed by atoms with Gasteiger partial charge in [-0.25, -0.2) is 0 Å². The maximum Gasteiger partial charge on any atom is 0.0897 e. The number of likely N-dealkylation sites (N-methyl/N-ethyl adjacent to an activating group) is 1. The van der Waals surface area contributed by atoms with Gasteiger partial charge >= 0.3 is 0 Å². The third kappa shape index (κ3) is 20.2. The molecule has 0 aliphatic rings. The molecule has 0 fully saturated rings. The monoisotopic (exact) mass is 556 g/mol. The summed E-state index contributed by atoms with van der Waals surface area (Å²) in [6, 6.07) is 6.20. The van der Waals surface area contributed by atoms with Crippen LogP contribution in [0.5, 0.6) is 0 Å². The quantitative estimate of drug-likeness (QED) is 0.149. The summed E-state index contributed by atoms with van der Waals surface area (Å²) in [5.41, 5.74) is 11.3. The lowest BCUT2D eigenvalue weighted by Crippen LogP contribution is -2.38. The van der Waals surface area contributed by atoms with Crippen LogP contribution in [0.15, 0.2) is 53.7 Å². The van der Waals surface area contributed by atoms with Gasteiger partial charge in [-0.3, -0.25) is 0 Å². The molecule has 2 N–H and O–H groups in total. The average Bonchev–Trinajstić information content (AvgIpc) is 2.85. The van der Waals surface area contributed by atoms with Crippen LogP contribution in [0.3, 0.4) is 0 Å². The van der Waals surface area contributed by atoms with E-state index in [1.54, 1.807) is 0 Å². The van der Waals surface area contributed by atoms with Crippen LogP contribution in [-0.2, 0) is 6.54 Å². The summed E-state index contributed by atoms with van der Waals surface area (Å²) in [4.78, 5) is 6.87. The summed E-state index contributed by atoms with van der Waals surface area (Å²) in [5, 5.41) is 1.28.